The van der Waals surface area contributed by atoms with Crippen molar-refractivity contribution in [3.05, 3.63) is 65.0 Å². The van der Waals surface area contributed by atoms with Crippen LogP contribution in [0.2, 0.25) is 0 Å². The van der Waals surface area contributed by atoms with Crippen molar-refractivity contribution in [1.82, 2.24) is 10.1 Å². The second-order valence-corrected chi connectivity index (χ2v) is 5.13. The fourth-order valence-electron chi connectivity index (χ4n) is 2.18. The highest BCUT2D eigenvalue weighted by Gasteiger charge is 2.13. The predicted molar refractivity (Wildman–Crippen MR) is 80.1 cm³/mol. The molecular formula is C17H16N2O2. The van der Waals surface area contributed by atoms with E-state index in [1.54, 1.807) is 12.1 Å². The Morgan fingerprint density at radius 1 is 1.05 bits per heavy atom. The van der Waals surface area contributed by atoms with Gasteiger partial charge in [-0.3, -0.25) is 0 Å². The van der Waals surface area contributed by atoms with Gasteiger partial charge in [0.25, 0.3) is 5.89 Å². The second-order valence-electron chi connectivity index (χ2n) is 5.13. The lowest BCUT2D eigenvalue weighted by Gasteiger charge is -2.02. The highest BCUT2D eigenvalue weighted by Crippen LogP contribution is 2.28. The van der Waals surface area contributed by atoms with Gasteiger partial charge in [-0.05, 0) is 31.5 Å². The van der Waals surface area contributed by atoms with Crippen LogP contribution in [0.15, 0.2) is 47.0 Å². The lowest BCUT2D eigenvalue weighted by molar-refractivity contribution is 0.422. The summed E-state index contributed by atoms with van der Waals surface area (Å²) in [5.41, 5.74) is 3.87. The van der Waals surface area contributed by atoms with Gasteiger partial charge in [0.15, 0.2) is 5.82 Å². The number of aromatic nitrogens is 2. The third-order valence-electron chi connectivity index (χ3n) is 3.49. The topological polar surface area (TPSA) is 59.2 Å². The molecule has 21 heavy (non-hydrogen) atoms. The van der Waals surface area contributed by atoms with E-state index in [0.717, 1.165) is 16.7 Å². The largest absolute Gasteiger partial charge is 0.508 e. The van der Waals surface area contributed by atoms with Crippen LogP contribution in [0.25, 0.3) is 11.5 Å². The van der Waals surface area contributed by atoms with Crippen LogP contribution in [-0.4, -0.2) is 15.2 Å². The van der Waals surface area contributed by atoms with Crippen molar-refractivity contribution >= 4 is 0 Å². The molecule has 0 fully saturated rings. The molecule has 0 amide bonds. The summed E-state index contributed by atoms with van der Waals surface area (Å²) in [4.78, 5) is 4.41. The van der Waals surface area contributed by atoms with Crippen molar-refractivity contribution in [3.63, 3.8) is 0 Å². The van der Waals surface area contributed by atoms with Gasteiger partial charge in [-0.2, -0.15) is 4.98 Å². The van der Waals surface area contributed by atoms with E-state index in [1.807, 2.05) is 13.0 Å². The number of aromatic hydroxyl groups is 1. The standard InChI is InChI=1S/C17H16N2O2/c1-11-6-8-13(9-7-11)10-16-18-17(21-19-16)14-4-3-5-15(20)12(14)2/h3-9,20H,10H2,1-2H3. The molecule has 3 rings (SSSR count). The van der Waals surface area contributed by atoms with Crippen LogP contribution in [0.3, 0.4) is 0 Å². The summed E-state index contributed by atoms with van der Waals surface area (Å²) in [5.74, 6) is 1.30. The van der Waals surface area contributed by atoms with E-state index in [1.165, 1.54) is 5.56 Å². The average molecular weight is 280 g/mol. The first-order chi connectivity index (χ1) is 10.1. The molecule has 3 aromatic rings. The fraction of sp³-hybridized carbons (Fsp3) is 0.176. The molecule has 106 valence electrons. The molecule has 2 aromatic carbocycles. The number of hydrogen-bond donors (Lipinski definition) is 1. The summed E-state index contributed by atoms with van der Waals surface area (Å²) in [7, 11) is 0. The van der Waals surface area contributed by atoms with Crippen LogP contribution in [0.4, 0.5) is 0 Å². The minimum absolute atomic E-state index is 0.228. The van der Waals surface area contributed by atoms with E-state index in [2.05, 4.69) is 41.3 Å². The molecule has 1 N–H and O–H groups in total. The van der Waals surface area contributed by atoms with Gasteiger partial charge >= 0.3 is 0 Å². The Kier molecular flexibility index (Phi) is 3.44. The molecule has 4 heteroatoms. The van der Waals surface area contributed by atoms with Crippen molar-refractivity contribution in [2.75, 3.05) is 0 Å². The van der Waals surface area contributed by atoms with Gasteiger partial charge in [0.2, 0.25) is 0 Å². The zero-order valence-corrected chi connectivity index (χ0v) is 12.0. The third kappa shape index (κ3) is 2.79. The maximum absolute atomic E-state index is 9.74. The Hall–Kier alpha value is -2.62. The van der Waals surface area contributed by atoms with E-state index in [-0.39, 0.29) is 5.75 Å². The van der Waals surface area contributed by atoms with Crippen molar-refractivity contribution in [1.29, 1.82) is 0 Å². The molecule has 0 unspecified atom stereocenters. The fourth-order valence-corrected chi connectivity index (χ4v) is 2.18. The summed E-state index contributed by atoms with van der Waals surface area (Å²) in [6, 6.07) is 13.5. The third-order valence-corrected chi connectivity index (χ3v) is 3.49. The van der Waals surface area contributed by atoms with E-state index in [9.17, 15) is 5.11 Å². The molecule has 0 spiro atoms. The summed E-state index contributed by atoms with van der Waals surface area (Å²) in [6.07, 6.45) is 0.627. The van der Waals surface area contributed by atoms with E-state index >= 15 is 0 Å². The summed E-state index contributed by atoms with van der Waals surface area (Å²) in [6.45, 7) is 3.88. The van der Waals surface area contributed by atoms with Crippen LogP contribution in [-0.2, 0) is 6.42 Å². The van der Waals surface area contributed by atoms with E-state index in [0.29, 0.717) is 18.1 Å². The monoisotopic (exact) mass is 280 g/mol. The number of phenols is 1. The Labute approximate surface area is 123 Å². The van der Waals surface area contributed by atoms with Crippen LogP contribution in [0, 0.1) is 13.8 Å². The van der Waals surface area contributed by atoms with Crippen molar-refractivity contribution in [2.24, 2.45) is 0 Å². The molecule has 0 atom stereocenters. The normalized spacial score (nSPS) is 10.8. The molecule has 4 nitrogen and oxygen atoms in total. The lowest BCUT2D eigenvalue weighted by Crippen LogP contribution is -1.91. The van der Waals surface area contributed by atoms with Crippen LogP contribution >= 0.6 is 0 Å². The number of aryl methyl sites for hydroxylation is 1. The smallest absolute Gasteiger partial charge is 0.258 e. The molecule has 0 saturated heterocycles. The summed E-state index contributed by atoms with van der Waals surface area (Å²) in [5, 5.41) is 13.8. The molecular weight excluding hydrogens is 264 g/mol. The van der Waals surface area contributed by atoms with E-state index in [4.69, 9.17) is 4.52 Å². The predicted octanol–water partition coefficient (Wildman–Crippen LogP) is 3.65. The first-order valence-corrected chi connectivity index (χ1v) is 6.80. The quantitative estimate of drug-likeness (QED) is 0.795. The maximum atomic E-state index is 9.74. The minimum Gasteiger partial charge on any atom is -0.508 e. The highest BCUT2D eigenvalue weighted by molar-refractivity contribution is 5.61. The highest BCUT2D eigenvalue weighted by atomic mass is 16.5. The Bertz CT molecular complexity index is 761. The zero-order valence-electron chi connectivity index (χ0n) is 12.0. The molecule has 1 aromatic heterocycles. The number of benzene rings is 2. The number of phenolic OH excluding ortho intramolecular Hbond substituents is 1. The van der Waals surface area contributed by atoms with Gasteiger partial charge in [-0.1, -0.05) is 41.1 Å². The van der Waals surface area contributed by atoms with Crippen molar-refractivity contribution < 1.29 is 9.63 Å². The molecule has 0 aliphatic heterocycles. The number of nitrogens with zero attached hydrogens (tertiary/aromatic N) is 2. The molecule has 0 aliphatic rings. The molecule has 0 saturated carbocycles. The van der Waals surface area contributed by atoms with Crippen molar-refractivity contribution in [2.45, 2.75) is 20.3 Å². The van der Waals surface area contributed by atoms with Crippen LogP contribution in [0.5, 0.6) is 5.75 Å². The van der Waals surface area contributed by atoms with E-state index < -0.39 is 0 Å². The van der Waals surface area contributed by atoms with Gasteiger partial charge in [0.1, 0.15) is 5.75 Å². The molecule has 0 bridgehead atoms. The summed E-state index contributed by atoms with van der Waals surface area (Å²) >= 11 is 0. The van der Waals surface area contributed by atoms with Crippen molar-refractivity contribution in [3.8, 4) is 17.2 Å². The van der Waals surface area contributed by atoms with Gasteiger partial charge < -0.3 is 9.63 Å². The van der Waals surface area contributed by atoms with Gasteiger partial charge in [-0.15, -0.1) is 0 Å². The summed E-state index contributed by atoms with van der Waals surface area (Å²) < 4.78 is 5.31. The zero-order chi connectivity index (χ0) is 14.8. The molecule has 0 radical (unpaired) electrons. The Balaban J connectivity index is 1.86. The van der Waals surface area contributed by atoms with Gasteiger partial charge in [0, 0.05) is 17.5 Å². The van der Waals surface area contributed by atoms with Gasteiger partial charge in [-0.25, -0.2) is 0 Å². The Morgan fingerprint density at radius 3 is 2.57 bits per heavy atom. The second kappa shape index (κ2) is 5.40. The number of rotatable bonds is 3. The average Bonchev–Trinajstić information content (AvgIpc) is 2.93. The SMILES string of the molecule is Cc1ccc(Cc2noc(-c3cccc(O)c3C)n2)cc1. The first-order valence-electron chi connectivity index (χ1n) is 6.80. The maximum Gasteiger partial charge on any atom is 0.258 e. The van der Waals surface area contributed by atoms with Crippen LogP contribution in [0.1, 0.15) is 22.5 Å². The first kappa shape index (κ1) is 13.4. The van der Waals surface area contributed by atoms with Gasteiger partial charge in [0.05, 0.1) is 0 Å². The lowest BCUT2D eigenvalue weighted by atomic mass is 10.1. The number of hydrogen-bond acceptors (Lipinski definition) is 4. The van der Waals surface area contributed by atoms with Crippen LogP contribution < -0.4 is 0 Å². The molecule has 0 aliphatic carbocycles. The Morgan fingerprint density at radius 2 is 1.81 bits per heavy atom. The minimum atomic E-state index is 0.228. The molecule has 1 heterocycles.